The highest BCUT2D eigenvalue weighted by Gasteiger charge is 2.30. The van der Waals surface area contributed by atoms with E-state index in [9.17, 15) is 4.79 Å². The van der Waals surface area contributed by atoms with E-state index in [1.54, 1.807) is 19.9 Å². The summed E-state index contributed by atoms with van der Waals surface area (Å²) in [5.41, 5.74) is 0.244. The molecule has 0 amide bonds. The molecular weight excluding hydrogens is 290 g/mol. The van der Waals surface area contributed by atoms with E-state index in [2.05, 4.69) is 19.2 Å². The van der Waals surface area contributed by atoms with E-state index in [1.165, 1.54) is 7.11 Å². The number of halogens is 1. The lowest BCUT2D eigenvalue weighted by Crippen LogP contribution is -2.32. The van der Waals surface area contributed by atoms with E-state index in [-0.39, 0.29) is 12.6 Å². The fraction of sp³-hybridized carbons (Fsp3) is 0.562. The first kappa shape index (κ1) is 17.8. The van der Waals surface area contributed by atoms with Crippen LogP contribution < -0.4 is 10.1 Å². The van der Waals surface area contributed by atoms with Gasteiger partial charge in [0.25, 0.3) is 0 Å². The molecule has 0 spiro atoms. The lowest BCUT2D eigenvalue weighted by Gasteiger charge is -2.23. The SMILES string of the molecule is COC(=O)C(C)(C)COc1c(Cl)cccc1CNC(C)C. The molecule has 0 atom stereocenters. The number of ether oxygens (including phenoxy) is 2. The molecule has 1 aromatic carbocycles. The molecular formula is C16H24ClNO3. The molecule has 21 heavy (non-hydrogen) atoms. The first-order valence-electron chi connectivity index (χ1n) is 7.00. The number of hydrogen-bond acceptors (Lipinski definition) is 4. The van der Waals surface area contributed by atoms with Crippen molar-refractivity contribution in [1.29, 1.82) is 0 Å². The Balaban J connectivity index is 2.84. The largest absolute Gasteiger partial charge is 0.491 e. The molecule has 0 radical (unpaired) electrons. The molecule has 0 heterocycles. The predicted molar refractivity (Wildman–Crippen MR) is 84.7 cm³/mol. The van der Waals surface area contributed by atoms with Crippen molar-refractivity contribution in [3.8, 4) is 5.75 Å². The van der Waals surface area contributed by atoms with E-state index < -0.39 is 5.41 Å². The van der Waals surface area contributed by atoms with Gasteiger partial charge in [-0.25, -0.2) is 0 Å². The number of esters is 1. The number of carbonyl (C=O) groups excluding carboxylic acids is 1. The van der Waals surface area contributed by atoms with Crippen molar-refractivity contribution >= 4 is 17.6 Å². The van der Waals surface area contributed by atoms with Gasteiger partial charge < -0.3 is 14.8 Å². The fourth-order valence-corrected chi connectivity index (χ4v) is 2.00. The Bertz CT molecular complexity index is 486. The molecule has 1 rings (SSSR count). The van der Waals surface area contributed by atoms with Gasteiger partial charge in [0.15, 0.2) is 0 Å². The van der Waals surface area contributed by atoms with E-state index in [4.69, 9.17) is 21.1 Å². The highest BCUT2D eigenvalue weighted by Crippen LogP contribution is 2.30. The molecule has 0 unspecified atom stereocenters. The maximum Gasteiger partial charge on any atom is 0.314 e. The Kier molecular flexibility index (Phi) is 6.49. The maximum absolute atomic E-state index is 11.7. The summed E-state index contributed by atoms with van der Waals surface area (Å²) in [5.74, 6) is 0.306. The molecule has 0 saturated carbocycles. The van der Waals surface area contributed by atoms with Crippen molar-refractivity contribution in [2.45, 2.75) is 40.3 Å². The predicted octanol–water partition coefficient (Wildman–Crippen LogP) is 3.42. The number of para-hydroxylation sites is 1. The molecule has 0 aliphatic heterocycles. The van der Waals surface area contributed by atoms with Gasteiger partial charge in [0.1, 0.15) is 12.4 Å². The maximum atomic E-state index is 11.7. The van der Waals surface area contributed by atoms with Crippen molar-refractivity contribution in [1.82, 2.24) is 5.32 Å². The van der Waals surface area contributed by atoms with Crippen LogP contribution in [0.3, 0.4) is 0 Å². The van der Waals surface area contributed by atoms with E-state index in [0.29, 0.717) is 23.4 Å². The first-order valence-corrected chi connectivity index (χ1v) is 7.37. The van der Waals surface area contributed by atoms with Crippen molar-refractivity contribution in [3.63, 3.8) is 0 Å². The third-order valence-electron chi connectivity index (χ3n) is 3.06. The van der Waals surface area contributed by atoms with Crippen molar-refractivity contribution in [2.24, 2.45) is 5.41 Å². The lowest BCUT2D eigenvalue weighted by molar-refractivity contribution is -0.152. The van der Waals surface area contributed by atoms with Crippen LogP contribution in [-0.4, -0.2) is 25.7 Å². The van der Waals surface area contributed by atoms with Crippen molar-refractivity contribution in [3.05, 3.63) is 28.8 Å². The minimum absolute atomic E-state index is 0.206. The summed E-state index contributed by atoms with van der Waals surface area (Å²) in [6.45, 7) is 8.57. The van der Waals surface area contributed by atoms with Gasteiger partial charge in [-0.05, 0) is 19.9 Å². The Morgan fingerprint density at radius 2 is 2.05 bits per heavy atom. The third kappa shape index (κ3) is 5.21. The third-order valence-corrected chi connectivity index (χ3v) is 3.36. The second-order valence-corrected chi connectivity index (χ2v) is 6.34. The zero-order valence-electron chi connectivity index (χ0n) is 13.3. The Labute approximate surface area is 131 Å². The monoisotopic (exact) mass is 313 g/mol. The highest BCUT2D eigenvalue weighted by atomic mass is 35.5. The zero-order chi connectivity index (χ0) is 16.0. The molecule has 1 aromatic rings. The normalized spacial score (nSPS) is 11.6. The van der Waals surface area contributed by atoms with E-state index >= 15 is 0 Å². The molecule has 0 fully saturated rings. The van der Waals surface area contributed by atoms with Crippen LogP contribution in [0.15, 0.2) is 18.2 Å². The van der Waals surface area contributed by atoms with Gasteiger partial charge >= 0.3 is 5.97 Å². The summed E-state index contributed by atoms with van der Waals surface area (Å²) in [7, 11) is 1.37. The molecule has 118 valence electrons. The minimum Gasteiger partial charge on any atom is -0.491 e. The Morgan fingerprint density at radius 1 is 1.38 bits per heavy atom. The molecule has 0 saturated heterocycles. The fourth-order valence-electron chi connectivity index (χ4n) is 1.76. The average Bonchev–Trinajstić information content (AvgIpc) is 2.42. The van der Waals surface area contributed by atoms with Crippen LogP contribution in [-0.2, 0) is 16.1 Å². The number of hydrogen-bond donors (Lipinski definition) is 1. The standard InChI is InChI=1S/C16H24ClNO3/c1-11(2)18-9-12-7-6-8-13(17)14(12)21-10-16(3,4)15(19)20-5/h6-8,11,18H,9-10H2,1-5H3. The first-order chi connectivity index (χ1) is 9.77. The lowest BCUT2D eigenvalue weighted by atomic mass is 9.95. The topological polar surface area (TPSA) is 47.6 Å². The molecule has 4 nitrogen and oxygen atoms in total. The second-order valence-electron chi connectivity index (χ2n) is 5.93. The number of carbonyl (C=O) groups is 1. The van der Waals surface area contributed by atoms with Gasteiger partial charge in [-0.3, -0.25) is 4.79 Å². The van der Waals surface area contributed by atoms with Gasteiger partial charge in [-0.15, -0.1) is 0 Å². The van der Waals surface area contributed by atoms with Crippen LogP contribution >= 0.6 is 11.6 Å². The molecule has 0 aliphatic rings. The molecule has 0 bridgehead atoms. The van der Waals surface area contributed by atoms with Gasteiger partial charge in [-0.2, -0.15) is 0 Å². The molecule has 0 aromatic heterocycles. The zero-order valence-corrected chi connectivity index (χ0v) is 14.1. The smallest absolute Gasteiger partial charge is 0.314 e. The van der Waals surface area contributed by atoms with Gasteiger partial charge in [-0.1, -0.05) is 37.6 Å². The summed E-state index contributed by atoms with van der Waals surface area (Å²) in [6.07, 6.45) is 0. The number of rotatable bonds is 7. The Hall–Kier alpha value is -1.26. The summed E-state index contributed by atoms with van der Waals surface area (Å²) in [6, 6.07) is 5.99. The average molecular weight is 314 g/mol. The van der Waals surface area contributed by atoms with E-state index in [0.717, 1.165) is 5.56 Å². The highest BCUT2D eigenvalue weighted by molar-refractivity contribution is 6.32. The molecule has 1 N–H and O–H groups in total. The quantitative estimate of drug-likeness (QED) is 0.784. The van der Waals surface area contributed by atoms with Crippen LogP contribution in [0.25, 0.3) is 0 Å². The second kappa shape index (κ2) is 7.66. The number of nitrogens with one attached hydrogen (secondary N) is 1. The number of methoxy groups -OCH3 is 1. The summed E-state index contributed by atoms with van der Waals surface area (Å²) in [5, 5.41) is 3.87. The Morgan fingerprint density at radius 3 is 2.62 bits per heavy atom. The van der Waals surface area contributed by atoms with Crippen molar-refractivity contribution in [2.75, 3.05) is 13.7 Å². The van der Waals surface area contributed by atoms with Crippen LogP contribution in [0.4, 0.5) is 0 Å². The number of benzene rings is 1. The van der Waals surface area contributed by atoms with Crippen molar-refractivity contribution < 1.29 is 14.3 Å². The summed E-state index contributed by atoms with van der Waals surface area (Å²) >= 11 is 6.22. The van der Waals surface area contributed by atoms with Crippen LogP contribution in [0.2, 0.25) is 5.02 Å². The van der Waals surface area contributed by atoms with Gasteiger partial charge in [0.2, 0.25) is 0 Å². The van der Waals surface area contributed by atoms with Crippen LogP contribution in [0.1, 0.15) is 33.3 Å². The van der Waals surface area contributed by atoms with Gasteiger partial charge in [0.05, 0.1) is 17.5 Å². The van der Waals surface area contributed by atoms with Crippen LogP contribution in [0.5, 0.6) is 5.75 Å². The van der Waals surface area contributed by atoms with Gasteiger partial charge in [0, 0.05) is 18.2 Å². The summed E-state index contributed by atoms with van der Waals surface area (Å²) < 4.78 is 10.6. The van der Waals surface area contributed by atoms with Crippen LogP contribution in [0, 0.1) is 5.41 Å². The summed E-state index contributed by atoms with van der Waals surface area (Å²) in [4.78, 5) is 11.7. The molecule has 5 heteroatoms. The van der Waals surface area contributed by atoms with E-state index in [1.807, 2.05) is 12.1 Å². The molecule has 0 aliphatic carbocycles. The minimum atomic E-state index is -0.726.